The molecule has 5 nitrogen and oxygen atoms in total. The Kier molecular flexibility index (Phi) is 2.93. The summed E-state index contributed by atoms with van der Waals surface area (Å²) in [7, 11) is 0. The van der Waals surface area contributed by atoms with E-state index < -0.39 is 6.09 Å². The van der Waals surface area contributed by atoms with Crippen LogP contribution in [0.25, 0.3) is 0 Å². The zero-order valence-electron chi connectivity index (χ0n) is 10.0. The van der Waals surface area contributed by atoms with Gasteiger partial charge >= 0.3 is 6.09 Å². The van der Waals surface area contributed by atoms with Gasteiger partial charge in [0.15, 0.2) is 0 Å². The fraction of sp³-hybridized carbons (Fsp3) is 0.462. The quantitative estimate of drug-likeness (QED) is 0.859. The van der Waals surface area contributed by atoms with E-state index in [1.807, 2.05) is 23.3 Å². The van der Waals surface area contributed by atoms with Crippen LogP contribution in [0.1, 0.15) is 5.56 Å². The third kappa shape index (κ3) is 2.19. The Morgan fingerprint density at radius 3 is 2.72 bits per heavy atom. The highest BCUT2D eigenvalue weighted by Gasteiger charge is 2.43. The lowest BCUT2D eigenvalue weighted by atomic mass is 10.1. The van der Waals surface area contributed by atoms with Crippen LogP contribution in [0.5, 0.6) is 0 Å². The SMILES string of the molecule is O=C(O)N1CC2ON(Cc3ccccc3)C[C@H]2C1. The zero-order chi connectivity index (χ0) is 12.5. The van der Waals surface area contributed by atoms with Crippen molar-refractivity contribution in [1.82, 2.24) is 9.96 Å². The maximum atomic E-state index is 10.9. The minimum Gasteiger partial charge on any atom is -0.465 e. The molecule has 2 heterocycles. The second-order valence-corrected chi connectivity index (χ2v) is 4.90. The lowest BCUT2D eigenvalue weighted by molar-refractivity contribution is -0.152. The van der Waals surface area contributed by atoms with Crippen molar-refractivity contribution in [3.63, 3.8) is 0 Å². The van der Waals surface area contributed by atoms with Gasteiger partial charge in [0.25, 0.3) is 0 Å². The topological polar surface area (TPSA) is 53.0 Å². The molecule has 1 aromatic carbocycles. The number of rotatable bonds is 2. The van der Waals surface area contributed by atoms with Crippen LogP contribution in [0, 0.1) is 5.92 Å². The minimum atomic E-state index is -0.845. The minimum absolute atomic E-state index is 0.0322. The van der Waals surface area contributed by atoms with E-state index in [2.05, 4.69) is 12.1 Å². The predicted octanol–water partition coefficient (Wildman–Crippen LogP) is 1.41. The third-order valence-electron chi connectivity index (χ3n) is 3.58. The molecule has 2 atom stereocenters. The number of hydroxylamine groups is 2. The largest absolute Gasteiger partial charge is 0.465 e. The summed E-state index contributed by atoms with van der Waals surface area (Å²) in [5, 5.41) is 10.9. The smallest absolute Gasteiger partial charge is 0.407 e. The standard InChI is InChI=1S/C13H16N2O3/c16-13(17)14-7-11-8-15(18-12(11)9-14)6-10-4-2-1-3-5-10/h1-5,11-12H,6-9H2,(H,16,17)/t11-,12?/m1/s1. The summed E-state index contributed by atoms with van der Waals surface area (Å²) >= 11 is 0. The summed E-state index contributed by atoms with van der Waals surface area (Å²) in [5.41, 5.74) is 1.22. The Morgan fingerprint density at radius 1 is 1.28 bits per heavy atom. The van der Waals surface area contributed by atoms with Gasteiger partial charge in [0, 0.05) is 25.6 Å². The van der Waals surface area contributed by atoms with Crippen LogP contribution < -0.4 is 0 Å². The van der Waals surface area contributed by atoms with Crippen LogP contribution in [0.3, 0.4) is 0 Å². The highest BCUT2D eigenvalue weighted by molar-refractivity contribution is 5.65. The molecule has 18 heavy (non-hydrogen) atoms. The molecule has 0 spiro atoms. The first-order valence-corrected chi connectivity index (χ1v) is 6.16. The molecule has 1 amide bonds. The van der Waals surface area contributed by atoms with E-state index in [1.165, 1.54) is 10.5 Å². The Labute approximate surface area is 106 Å². The molecular weight excluding hydrogens is 232 g/mol. The van der Waals surface area contributed by atoms with Crippen LogP contribution in [0.4, 0.5) is 4.79 Å². The van der Waals surface area contributed by atoms with E-state index >= 15 is 0 Å². The second-order valence-electron chi connectivity index (χ2n) is 4.90. The number of nitrogens with zero attached hydrogens (tertiary/aromatic N) is 2. The van der Waals surface area contributed by atoms with Crippen LogP contribution >= 0.6 is 0 Å². The van der Waals surface area contributed by atoms with Gasteiger partial charge < -0.3 is 10.0 Å². The molecule has 0 aromatic heterocycles. The monoisotopic (exact) mass is 248 g/mol. The van der Waals surface area contributed by atoms with Crippen LogP contribution in [0.15, 0.2) is 30.3 Å². The molecule has 1 unspecified atom stereocenters. The van der Waals surface area contributed by atoms with Crippen molar-refractivity contribution in [2.75, 3.05) is 19.6 Å². The summed E-state index contributed by atoms with van der Waals surface area (Å²) in [5.74, 6) is 0.310. The molecule has 2 aliphatic heterocycles. The fourth-order valence-corrected chi connectivity index (χ4v) is 2.68. The third-order valence-corrected chi connectivity index (χ3v) is 3.58. The van der Waals surface area contributed by atoms with E-state index in [9.17, 15) is 4.79 Å². The van der Waals surface area contributed by atoms with Crippen molar-refractivity contribution in [1.29, 1.82) is 0 Å². The number of hydrogen-bond acceptors (Lipinski definition) is 3. The van der Waals surface area contributed by atoms with E-state index in [-0.39, 0.29) is 6.10 Å². The van der Waals surface area contributed by atoms with Gasteiger partial charge in [-0.15, -0.1) is 0 Å². The van der Waals surface area contributed by atoms with Gasteiger partial charge in [-0.1, -0.05) is 30.3 Å². The molecule has 0 bridgehead atoms. The van der Waals surface area contributed by atoms with Crippen LogP contribution in [-0.4, -0.2) is 46.9 Å². The first-order chi connectivity index (χ1) is 8.72. The molecule has 2 saturated heterocycles. The lowest BCUT2D eigenvalue weighted by Gasteiger charge is -2.19. The first-order valence-electron chi connectivity index (χ1n) is 6.16. The maximum absolute atomic E-state index is 10.9. The van der Waals surface area contributed by atoms with Gasteiger partial charge in [-0.25, -0.2) is 4.79 Å². The van der Waals surface area contributed by atoms with Crippen LogP contribution in [-0.2, 0) is 11.4 Å². The second kappa shape index (κ2) is 4.59. The van der Waals surface area contributed by atoms with E-state index in [1.54, 1.807) is 0 Å². The number of carboxylic acid groups (broad SMARTS) is 1. The Bertz CT molecular complexity index is 423. The van der Waals surface area contributed by atoms with Gasteiger partial charge in [-0.3, -0.25) is 4.84 Å². The number of hydrogen-bond donors (Lipinski definition) is 1. The number of benzene rings is 1. The van der Waals surface area contributed by atoms with Crippen molar-refractivity contribution >= 4 is 6.09 Å². The van der Waals surface area contributed by atoms with Crippen molar-refractivity contribution in [2.45, 2.75) is 12.6 Å². The molecule has 0 radical (unpaired) electrons. The number of amides is 1. The number of carbonyl (C=O) groups is 1. The summed E-state index contributed by atoms with van der Waals surface area (Å²) in [6.45, 7) is 2.65. The normalized spacial score (nSPS) is 27.4. The summed E-state index contributed by atoms with van der Waals surface area (Å²) in [6, 6.07) is 10.2. The highest BCUT2D eigenvalue weighted by Crippen LogP contribution is 2.29. The number of fused-ring (bicyclic) bond motifs is 1. The van der Waals surface area contributed by atoms with E-state index in [4.69, 9.17) is 9.94 Å². The summed E-state index contributed by atoms with van der Waals surface area (Å²) < 4.78 is 0. The molecule has 1 N–H and O–H groups in total. The molecule has 2 aliphatic rings. The molecular formula is C13H16N2O3. The Morgan fingerprint density at radius 2 is 2.06 bits per heavy atom. The molecule has 1 aromatic rings. The van der Waals surface area contributed by atoms with Gasteiger partial charge in [0.2, 0.25) is 0 Å². The molecule has 0 aliphatic carbocycles. The lowest BCUT2D eigenvalue weighted by Crippen LogP contribution is -2.31. The molecule has 96 valence electrons. The summed E-state index contributed by atoms with van der Waals surface area (Å²) in [6.07, 6.45) is -0.813. The van der Waals surface area contributed by atoms with Crippen molar-refractivity contribution in [3.05, 3.63) is 35.9 Å². The molecule has 2 fully saturated rings. The van der Waals surface area contributed by atoms with Crippen LogP contribution in [0.2, 0.25) is 0 Å². The Balaban J connectivity index is 1.57. The molecule has 0 saturated carbocycles. The van der Waals surface area contributed by atoms with Gasteiger partial charge in [-0.05, 0) is 5.56 Å². The first kappa shape index (κ1) is 11.5. The Hall–Kier alpha value is -1.59. The fourth-order valence-electron chi connectivity index (χ4n) is 2.68. The van der Waals surface area contributed by atoms with Gasteiger partial charge in [0.1, 0.15) is 6.10 Å². The van der Waals surface area contributed by atoms with Gasteiger partial charge in [-0.2, -0.15) is 5.06 Å². The average molecular weight is 248 g/mol. The predicted molar refractivity (Wildman–Crippen MR) is 64.8 cm³/mol. The summed E-state index contributed by atoms with van der Waals surface area (Å²) in [4.78, 5) is 18.1. The van der Waals surface area contributed by atoms with Crippen molar-refractivity contribution < 1.29 is 14.7 Å². The van der Waals surface area contributed by atoms with Crippen molar-refractivity contribution in [3.8, 4) is 0 Å². The van der Waals surface area contributed by atoms with Gasteiger partial charge in [0.05, 0.1) is 6.54 Å². The maximum Gasteiger partial charge on any atom is 0.407 e. The molecule has 5 heteroatoms. The zero-order valence-corrected chi connectivity index (χ0v) is 10.0. The molecule has 3 rings (SSSR count). The average Bonchev–Trinajstić information content (AvgIpc) is 2.88. The highest BCUT2D eigenvalue weighted by atomic mass is 16.7. The van der Waals surface area contributed by atoms with E-state index in [0.29, 0.717) is 19.0 Å². The number of likely N-dealkylation sites (tertiary alicyclic amines) is 1. The van der Waals surface area contributed by atoms with E-state index in [0.717, 1.165) is 13.1 Å². The van der Waals surface area contributed by atoms with Crippen molar-refractivity contribution in [2.24, 2.45) is 5.92 Å².